The Hall–Kier alpha value is -2.10. The average molecular weight is 256 g/mol. The molecule has 0 saturated carbocycles. The molecule has 4 nitrogen and oxygen atoms in total. The topological polar surface area (TPSA) is 63.8 Å². The second kappa shape index (κ2) is 6.18. The van der Waals surface area contributed by atoms with E-state index < -0.39 is 0 Å². The van der Waals surface area contributed by atoms with Crippen LogP contribution in [0.2, 0.25) is 0 Å². The highest BCUT2D eigenvalue weighted by atomic mass is 15.0. The van der Waals surface area contributed by atoms with Crippen LogP contribution >= 0.6 is 0 Å². The molecule has 0 amide bonds. The molecule has 100 valence electrons. The number of nitrogen functional groups attached to an aromatic ring is 1. The lowest BCUT2D eigenvalue weighted by Crippen LogP contribution is -2.11. The summed E-state index contributed by atoms with van der Waals surface area (Å²) in [6.07, 6.45) is 3.31. The van der Waals surface area contributed by atoms with Crippen LogP contribution in [-0.2, 0) is 12.8 Å². The first kappa shape index (κ1) is 13.3. The number of aromatic nitrogens is 2. The Morgan fingerprint density at radius 3 is 2.74 bits per heavy atom. The highest BCUT2D eigenvalue weighted by Gasteiger charge is 2.06. The fourth-order valence-corrected chi connectivity index (χ4v) is 2.13. The maximum Gasteiger partial charge on any atom is 0.134 e. The maximum atomic E-state index is 5.85. The van der Waals surface area contributed by atoms with Crippen LogP contribution in [0.25, 0.3) is 0 Å². The zero-order valence-electron chi connectivity index (χ0n) is 11.5. The molecule has 4 heteroatoms. The second-order valence-corrected chi connectivity index (χ2v) is 4.54. The van der Waals surface area contributed by atoms with Crippen molar-refractivity contribution in [3.8, 4) is 0 Å². The van der Waals surface area contributed by atoms with E-state index in [-0.39, 0.29) is 0 Å². The third kappa shape index (κ3) is 3.22. The van der Waals surface area contributed by atoms with Crippen LogP contribution in [0.5, 0.6) is 0 Å². The Kier molecular flexibility index (Phi) is 4.34. The third-order valence-electron chi connectivity index (χ3n) is 3.28. The van der Waals surface area contributed by atoms with Gasteiger partial charge in [-0.3, -0.25) is 0 Å². The molecule has 0 radical (unpaired) electrons. The van der Waals surface area contributed by atoms with Gasteiger partial charge >= 0.3 is 0 Å². The number of benzene rings is 1. The molecule has 0 unspecified atom stereocenters. The van der Waals surface area contributed by atoms with Gasteiger partial charge in [0.1, 0.15) is 18.0 Å². The van der Waals surface area contributed by atoms with E-state index in [1.54, 1.807) is 0 Å². The Morgan fingerprint density at radius 1 is 1.21 bits per heavy atom. The van der Waals surface area contributed by atoms with Crippen LogP contribution in [0.15, 0.2) is 30.6 Å². The summed E-state index contributed by atoms with van der Waals surface area (Å²) in [7, 11) is 0. The minimum absolute atomic E-state index is 0.566. The van der Waals surface area contributed by atoms with Crippen LogP contribution in [0, 0.1) is 6.92 Å². The smallest absolute Gasteiger partial charge is 0.134 e. The molecular weight excluding hydrogens is 236 g/mol. The minimum Gasteiger partial charge on any atom is -0.383 e. The number of nitrogens with one attached hydrogen (secondary N) is 1. The molecule has 1 heterocycles. The van der Waals surface area contributed by atoms with Crippen LogP contribution in [-0.4, -0.2) is 16.5 Å². The van der Waals surface area contributed by atoms with Gasteiger partial charge in [-0.2, -0.15) is 0 Å². The molecule has 2 aromatic rings. The number of aryl methyl sites for hydroxylation is 1. The van der Waals surface area contributed by atoms with Gasteiger partial charge in [0.05, 0.1) is 0 Å². The Labute approximate surface area is 114 Å². The molecule has 0 fully saturated rings. The zero-order valence-corrected chi connectivity index (χ0v) is 11.5. The number of anilines is 2. The average Bonchev–Trinajstić information content (AvgIpc) is 2.41. The molecule has 0 atom stereocenters. The third-order valence-corrected chi connectivity index (χ3v) is 3.28. The van der Waals surface area contributed by atoms with Crippen LogP contribution in [0.4, 0.5) is 11.6 Å². The summed E-state index contributed by atoms with van der Waals surface area (Å²) >= 11 is 0. The number of nitrogens with zero attached hydrogens (tertiary/aromatic N) is 2. The first-order valence-electron chi connectivity index (χ1n) is 6.60. The molecule has 0 spiro atoms. The Balaban J connectivity index is 2.00. The SMILES string of the molecule is CCc1c(N)ncnc1NCCc1ccccc1C. The fourth-order valence-electron chi connectivity index (χ4n) is 2.13. The molecular formula is C15H20N4. The maximum absolute atomic E-state index is 5.85. The molecule has 0 aliphatic carbocycles. The van der Waals surface area contributed by atoms with Crippen molar-refractivity contribution >= 4 is 11.6 Å². The van der Waals surface area contributed by atoms with Gasteiger partial charge in [-0.25, -0.2) is 9.97 Å². The van der Waals surface area contributed by atoms with Crippen molar-refractivity contribution in [3.63, 3.8) is 0 Å². The zero-order chi connectivity index (χ0) is 13.7. The van der Waals surface area contributed by atoms with Gasteiger partial charge in [-0.1, -0.05) is 31.2 Å². The first-order chi connectivity index (χ1) is 9.22. The van der Waals surface area contributed by atoms with Crippen molar-refractivity contribution in [1.29, 1.82) is 0 Å². The van der Waals surface area contributed by atoms with Crippen molar-refractivity contribution in [1.82, 2.24) is 9.97 Å². The molecule has 1 aromatic carbocycles. The van der Waals surface area contributed by atoms with Crippen molar-refractivity contribution in [2.75, 3.05) is 17.6 Å². The number of hydrogen-bond donors (Lipinski definition) is 2. The number of hydrogen-bond acceptors (Lipinski definition) is 4. The van der Waals surface area contributed by atoms with Gasteiger partial charge in [-0.15, -0.1) is 0 Å². The molecule has 2 rings (SSSR count). The van der Waals surface area contributed by atoms with Crippen molar-refractivity contribution in [2.45, 2.75) is 26.7 Å². The predicted octanol–water partition coefficient (Wildman–Crippen LogP) is 2.58. The van der Waals surface area contributed by atoms with Gasteiger partial charge < -0.3 is 11.1 Å². The molecule has 0 aliphatic heterocycles. The molecule has 0 saturated heterocycles. The normalized spacial score (nSPS) is 10.4. The van der Waals surface area contributed by atoms with E-state index in [1.807, 2.05) is 0 Å². The fraction of sp³-hybridized carbons (Fsp3) is 0.333. The quantitative estimate of drug-likeness (QED) is 0.863. The van der Waals surface area contributed by atoms with Crippen molar-refractivity contribution < 1.29 is 0 Å². The van der Waals surface area contributed by atoms with Gasteiger partial charge in [0.15, 0.2) is 0 Å². The highest BCUT2D eigenvalue weighted by molar-refractivity contribution is 5.54. The summed E-state index contributed by atoms with van der Waals surface area (Å²) in [5, 5.41) is 3.35. The summed E-state index contributed by atoms with van der Waals surface area (Å²) in [6, 6.07) is 8.43. The minimum atomic E-state index is 0.566. The molecule has 0 aliphatic rings. The van der Waals surface area contributed by atoms with Gasteiger partial charge in [0, 0.05) is 12.1 Å². The van der Waals surface area contributed by atoms with E-state index in [9.17, 15) is 0 Å². The highest BCUT2D eigenvalue weighted by Crippen LogP contribution is 2.17. The Bertz CT molecular complexity index is 552. The molecule has 0 bridgehead atoms. The lowest BCUT2D eigenvalue weighted by Gasteiger charge is -2.11. The Morgan fingerprint density at radius 2 is 2.00 bits per heavy atom. The van der Waals surface area contributed by atoms with E-state index >= 15 is 0 Å². The monoisotopic (exact) mass is 256 g/mol. The number of rotatable bonds is 5. The predicted molar refractivity (Wildman–Crippen MR) is 79.2 cm³/mol. The largest absolute Gasteiger partial charge is 0.383 e. The van der Waals surface area contributed by atoms with Crippen molar-refractivity contribution in [2.24, 2.45) is 0 Å². The van der Waals surface area contributed by atoms with E-state index in [0.717, 1.165) is 30.8 Å². The van der Waals surface area contributed by atoms with Crippen LogP contribution < -0.4 is 11.1 Å². The van der Waals surface area contributed by atoms with E-state index in [2.05, 4.69) is 53.4 Å². The molecule has 19 heavy (non-hydrogen) atoms. The summed E-state index contributed by atoms with van der Waals surface area (Å²) in [4.78, 5) is 8.28. The summed E-state index contributed by atoms with van der Waals surface area (Å²) in [6.45, 7) is 5.03. The van der Waals surface area contributed by atoms with E-state index in [1.165, 1.54) is 17.5 Å². The van der Waals surface area contributed by atoms with E-state index in [4.69, 9.17) is 5.73 Å². The lowest BCUT2D eigenvalue weighted by molar-refractivity contribution is 0.969. The summed E-state index contributed by atoms with van der Waals surface area (Å²) in [5.41, 5.74) is 9.52. The van der Waals surface area contributed by atoms with Gasteiger partial charge in [-0.05, 0) is 30.9 Å². The van der Waals surface area contributed by atoms with Crippen LogP contribution in [0.1, 0.15) is 23.6 Å². The molecule has 1 aromatic heterocycles. The van der Waals surface area contributed by atoms with Crippen LogP contribution in [0.3, 0.4) is 0 Å². The summed E-state index contributed by atoms with van der Waals surface area (Å²) < 4.78 is 0. The standard InChI is InChI=1S/C15H20N4/c1-3-13-14(16)18-10-19-15(13)17-9-8-12-7-5-4-6-11(12)2/h4-7,10H,3,8-9H2,1-2H3,(H3,16,17,18,19). The lowest BCUT2D eigenvalue weighted by atomic mass is 10.1. The van der Waals surface area contributed by atoms with Gasteiger partial charge in [0.25, 0.3) is 0 Å². The van der Waals surface area contributed by atoms with E-state index in [0.29, 0.717) is 5.82 Å². The first-order valence-corrected chi connectivity index (χ1v) is 6.60. The summed E-state index contributed by atoms with van der Waals surface area (Å²) in [5.74, 6) is 1.42. The van der Waals surface area contributed by atoms with Crippen molar-refractivity contribution in [3.05, 3.63) is 47.3 Å². The molecule has 3 N–H and O–H groups in total. The van der Waals surface area contributed by atoms with Gasteiger partial charge in [0.2, 0.25) is 0 Å². The number of nitrogens with two attached hydrogens (primary N) is 1. The second-order valence-electron chi connectivity index (χ2n) is 4.54.